The molecule has 2 aliphatic heterocycles. The second-order valence-corrected chi connectivity index (χ2v) is 10.7. The van der Waals surface area contributed by atoms with Gasteiger partial charge in [-0.3, -0.25) is 14.7 Å². The van der Waals surface area contributed by atoms with Gasteiger partial charge in [-0.1, -0.05) is 49.0 Å². The molecule has 9 nitrogen and oxygen atoms in total. The molecule has 0 aromatic heterocycles. The van der Waals surface area contributed by atoms with E-state index in [4.69, 9.17) is 14.6 Å². The average Bonchev–Trinajstić information content (AvgIpc) is 3.50. The number of methoxy groups -OCH3 is 1. The van der Waals surface area contributed by atoms with Gasteiger partial charge in [-0.2, -0.15) is 10.1 Å². The van der Waals surface area contributed by atoms with E-state index in [2.05, 4.69) is 10.3 Å². The second kappa shape index (κ2) is 12.4. The number of rotatable bonds is 8. The predicted molar refractivity (Wildman–Crippen MR) is 153 cm³/mol. The molecule has 2 aromatic rings. The van der Waals surface area contributed by atoms with Gasteiger partial charge in [0.15, 0.2) is 17.7 Å². The highest BCUT2D eigenvalue weighted by Crippen LogP contribution is 2.37. The lowest BCUT2D eigenvalue weighted by Gasteiger charge is -2.35. The zero-order valence-corrected chi connectivity index (χ0v) is 23.0. The maximum Gasteiger partial charge on any atom is 0.323 e. The number of carbonyl (C=O) groups excluding carboxylic acids is 2. The van der Waals surface area contributed by atoms with Gasteiger partial charge in [0.1, 0.15) is 0 Å². The van der Waals surface area contributed by atoms with Crippen molar-refractivity contribution >= 4 is 35.0 Å². The van der Waals surface area contributed by atoms with Crippen LogP contribution in [-0.4, -0.2) is 58.1 Å². The number of aliphatic imine (C=N–C) groups is 1. The normalized spacial score (nSPS) is 20.1. The van der Waals surface area contributed by atoms with Gasteiger partial charge in [0.05, 0.1) is 30.7 Å². The van der Waals surface area contributed by atoms with Gasteiger partial charge < -0.3 is 14.8 Å². The molecule has 0 spiro atoms. The van der Waals surface area contributed by atoms with Gasteiger partial charge in [-0.05, 0) is 55.9 Å². The van der Waals surface area contributed by atoms with Crippen LogP contribution in [0.25, 0.3) is 0 Å². The Morgan fingerprint density at radius 3 is 2.64 bits per heavy atom. The Morgan fingerprint density at radius 2 is 1.95 bits per heavy atom. The highest BCUT2D eigenvalue weighted by atomic mass is 32.2. The molecule has 2 heterocycles. The van der Waals surface area contributed by atoms with Crippen molar-refractivity contribution in [1.29, 1.82) is 0 Å². The van der Waals surface area contributed by atoms with Crippen molar-refractivity contribution in [3.05, 3.63) is 72.1 Å². The van der Waals surface area contributed by atoms with Gasteiger partial charge in [0.25, 0.3) is 0 Å². The first kappa shape index (κ1) is 26.8. The van der Waals surface area contributed by atoms with Crippen molar-refractivity contribution in [2.45, 2.75) is 56.5 Å². The molecule has 3 aliphatic rings. The fourth-order valence-corrected chi connectivity index (χ4v) is 5.86. The van der Waals surface area contributed by atoms with E-state index < -0.39 is 6.17 Å². The van der Waals surface area contributed by atoms with Crippen LogP contribution in [-0.2, 0) is 0 Å². The van der Waals surface area contributed by atoms with Gasteiger partial charge in [-0.15, -0.1) is 0 Å². The van der Waals surface area contributed by atoms with E-state index in [1.54, 1.807) is 25.7 Å². The number of hydrogen-bond acceptors (Lipinski definition) is 7. The number of hydrazone groups is 1. The van der Waals surface area contributed by atoms with E-state index >= 15 is 0 Å². The Hall–Kier alpha value is -3.79. The molecule has 2 aromatic carbocycles. The summed E-state index contributed by atoms with van der Waals surface area (Å²) in [6, 6.07) is 14.8. The Bertz CT molecular complexity index is 1280. The number of thioether (sulfide) groups is 1. The number of ether oxygens (including phenoxy) is 2. The van der Waals surface area contributed by atoms with Crippen molar-refractivity contribution in [3.63, 3.8) is 0 Å². The van der Waals surface area contributed by atoms with E-state index in [0.29, 0.717) is 24.5 Å². The van der Waals surface area contributed by atoms with E-state index in [1.807, 2.05) is 55.5 Å². The van der Waals surface area contributed by atoms with Crippen molar-refractivity contribution in [2.24, 2.45) is 10.1 Å². The summed E-state index contributed by atoms with van der Waals surface area (Å²) in [5.74, 6) is 1.35. The molecule has 5 rings (SSSR count). The number of nitrogens with one attached hydrogen (secondary N) is 1. The molecule has 1 fully saturated rings. The van der Waals surface area contributed by atoms with Crippen LogP contribution in [0.15, 0.2) is 71.0 Å². The monoisotopic (exact) mass is 547 g/mol. The zero-order valence-electron chi connectivity index (χ0n) is 22.2. The number of benzene rings is 2. The molecular weight excluding hydrogens is 514 g/mol. The number of amides is 3. The molecule has 0 saturated heterocycles. The zero-order chi connectivity index (χ0) is 27.2. The average molecular weight is 548 g/mol. The lowest BCUT2D eigenvalue weighted by Crippen LogP contribution is -2.48. The van der Waals surface area contributed by atoms with Gasteiger partial charge in [0, 0.05) is 24.2 Å². The van der Waals surface area contributed by atoms with E-state index in [9.17, 15) is 9.59 Å². The molecule has 1 aliphatic carbocycles. The summed E-state index contributed by atoms with van der Waals surface area (Å²) in [5.41, 5.74) is 2.35. The maximum atomic E-state index is 13.4. The molecular formula is C29H33N5O4S. The summed E-state index contributed by atoms with van der Waals surface area (Å²) >= 11 is 1.22. The minimum absolute atomic E-state index is 0.144. The van der Waals surface area contributed by atoms with Crippen LogP contribution in [0, 0.1) is 0 Å². The minimum Gasteiger partial charge on any atom is -0.493 e. The Balaban J connectivity index is 1.50. The molecule has 0 bridgehead atoms. The summed E-state index contributed by atoms with van der Waals surface area (Å²) in [5, 5.41) is 8.90. The molecule has 2 unspecified atom stereocenters. The molecule has 10 heteroatoms. The summed E-state index contributed by atoms with van der Waals surface area (Å²) in [7, 11) is 1.64. The SMILES string of the molecule is CCC1SC(=O)N(C(NC(=O)N2C=CN=CC2)c2ccccc2)N=C1c1ccc(OC)c(OC2CCCC2)c1. The maximum absolute atomic E-state index is 13.4. The molecule has 3 amide bonds. The first-order valence-corrected chi connectivity index (χ1v) is 14.2. The summed E-state index contributed by atoms with van der Waals surface area (Å²) in [4.78, 5) is 32.1. The molecule has 1 N–H and O–H groups in total. The van der Waals surface area contributed by atoms with Crippen LogP contribution in [0.3, 0.4) is 0 Å². The van der Waals surface area contributed by atoms with Crippen LogP contribution in [0.5, 0.6) is 11.5 Å². The second-order valence-electron chi connectivity index (χ2n) is 9.55. The molecule has 1 saturated carbocycles. The summed E-state index contributed by atoms with van der Waals surface area (Å²) in [6.45, 7) is 2.38. The third kappa shape index (κ3) is 6.11. The van der Waals surface area contributed by atoms with Crippen molar-refractivity contribution in [2.75, 3.05) is 13.7 Å². The third-order valence-corrected chi connectivity index (χ3v) is 8.20. The van der Waals surface area contributed by atoms with Crippen molar-refractivity contribution in [3.8, 4) is 11.5 Å². The van der Waals surface area contributed by atoms with Crippen LogP contribution in [0.2, 0.25) is 0 Å². The fraction of sp³-hybridized carbons (Fsp3) is 0.379. The summed E-state index contributed by atoms with van der Waals surface area (Å²) in [6.07, 6.45) is 9.28. The molecule has 39 heavy (non-hydrogen) atoms. The van der Waals surface area contributed by atoms with Crippen LogP contribution in [0.1, 0.15) is 56.3 Å². The van der Waals surface area contributed by atoms with Crippen molar-refractivity contribution in [1.82, 2.24) is 15.2 Å². The minimum atomic E-state index is -0.800. The largest absolute Gasteiger partial charge is 0.493 e. The number of hydrogen-bond donors (Lipinski definition) is 1. The highest BCUT2D eigenvalue weighted by molar-refractivity contribution is 8.14. The Morgan fingerprint density at radius 1 is 1.15 bits per heavy atom. The summed E-state index contributed by atoms with van der Waals surface area (Å²) < 4.78 is 11.9. The Kier molecular flexibility index (Phi) is 8.51. The van der Waals surface area contributed by atoms with Crippen molar-refractivity contribution < 1.29 is 19.1 Å². The van der Waals surface area contributed by atoms with E-state index in [-0.39, 0.29) is 22.6 Å². The number of urea groups is 1. The first-order valence-electron chi connectivity index (χ1n) is 13.3. The standard InChI is InChI=1S/C29H33N5O4S/c1-3-25-26(21-13-14-23(37-2)24(19-21)38-22-11-7-8-12-22)32-34(29(36)39-25)27(20-9-5-4-6-10-20)31-28(35)33-17-15-30-16-18-33/h4-6,9-10,13-17,19,22,25,27H,3,7-8,11-12,18H2,1-2H3,(H,31,35). The molecule has 0 radical (unpaired) electrons. The quantitative estimate of drug-likeness (QED) is 0.442. The van der Waals surface area contributed by atoms with Gasteiger partial charge in [0.2, 0.25) is 0 Å². The number of carbonyl (C=O) groups is 2. The van der Waals surface area contributed by atoms with Gasteiger partial charge in [-0.25, -0.2) is 4.79 Å². The van der Waals surface area contributed by atoms with Crippen LogP contribution >= 0.6 is 11.8 Å². The smallest absolute Gasteiger partial charge is 0.323 e. The lowest BCUT2D eigenvalue weighted by molar-refractivity contribution is 0.174. The van der Waals surface area contributed by atoms with Crippen LogP contribution < -0.4 is 14.8 Å². The third-order valence-electron chi connectivity index (χ3n) is 6.97. The van der Waals surface area contributed by atoms with E-state index in [0.717, 1.165) is 42.5 Å². The lowest BCUT2D eigenvalue weighted by atomic mass is 10.0. The Labute approximate surface area is 232 Å². The topological polar surface area (TPSA) is 95.8 Å². The number of nitrogens with zero attached hydrogens (tertiary/aromatic N) is 4. The van der Waals surface area contributed by atoms with Gasteiger partial charge >= 0.3 is 11.3 Å². The van der Waals surface area contributed by atoms with E-state index in [1.165, 1.54) is 21.7 Å². The molecule has 2 atom stereocenters. The molecule has 204 valence electrons. The highest BCUT2D eigenvalue weighted by Gasteiger charge is 2.36. The predicted octanol–water partition coefficient (Wildman–Crippen LogP) is 5.93. The first-order chi connectivity index (χ1) is 19.1. The fourth-order valence-electron chi connectivity index (χ4n) is 4.90. The van der Waals surface area contributed by atoms with Crippen LogP contribution in [0.4, 0.5) is 9.59 Å².